The van der Waals surface area contributed by atoms with Gasteiger partial charge < -0.3 is 14.6 Å². The molecule has 21 heavy (non-hydrogen) atoms. The molecule has 0 atom stereocenters. The van der Waals surface area contributed by atoms with Crippen LogP contribution in [0.1, 0.15) is 0 Å². The summed E-state index contributed by atoms with van der Waals surface area (Å²) in [5.74, 6) is 0.362. The van der Waals surface area contributed by atoms with Gasteiger partial charge in [0.15, 0.2) is 0 Å². The molecule has 0 bridgehead atoms. The smallest absolute Gasteiger partial charge is 0.409 e. The van der Waals surface area contributed by atoms with E-state index in [1.807, 2.05) is 0 Å². The van der Waals surface area contributed by atoms with Crippen molar-refractivity contribution in [3.63, 3.8) is 0 Å². The van der Waals surface area contributed by atoms with Crippen LogP contribution in [0, 0.1) is 0 Å². The summed E-state index contributed by atoms with van der Waals surface area (Å²) in [6.45, 7) is 4.38. The molecule has 2 N–H and O–H groups in total. The van der Waals surface area contributed by atoms with E-state index in [4.69, 9.17) is 37.8 Å². The SMILES string of the molecule is O=C(O)Nc1cc(Cl)c(Cl)c(OCCN2CCOCC2)c1. The number of nitrogens with zero attached hydrogens (tertiary/aromatic N) is 1. The van der Waals surface area contributed by atoms with Gasteiger partial charge >= 0.3 is 6.09 Å². The first-order valence-electron chi connectivity index (χ1n) is 6.48. The van der Waals surface area contributed by atoms with Crippen molar-refractivity contribution in [2.45, 2.75) is 0 Å². The molecule has 1 fully saturated rings. The van der Waals surface area contributed by atoms with Gasteiger partial charge in [-0.05, 0) is 6.07 Å². The minimum Gasteiger partial charge on any atom is -0.491 e. The van der Waals surface area contributed by atoms with Crippen molar-refractivity contribution in [3.8, 4) is 5.75 Å². The lowest BCUT2D eigenvalue weighted by molar-refractivity contribution is 0.0322. The molecule has 0 aliphatic carbocycles. The van der Waals surface area contributed by atoms with Gasteiger partial charge in [0.2, 0.25) is 0 Å². The van der Waals surface area contributed by atoms with Gasteiger partial charge in [-0.25, -0.2) is 4.79 Å². The second kappa shape index (κ2) is 7.70. The summed E-state index contributed by atoms with van der Waals surface area (Å²) in [5, 5.41) is 11.5. The predicted molar refractivity (Wildman–Crippen MR) is 80.9 cm³/mol. The number of nitrogens with one attached hydrogen (secondary N) is 1. The number of hydrogen-bond donors (Lipinski definition) is 2. The highest BCUT2D eigenvalue weighted by Gasteiger charge is 2.13. The second-order valence-electron chi connectivity index (χ2n) is 4.50. The third-order valence-corrected chi connectivity index (χ3v) is 3.80. The standard InChI is InChI=1S/C13H16Cl2N2O4/c14-10-7-9(16-13(18)19)8-11(12(10)15)21-6-3-17-1-4-20-5-2-17/h7-8,16H,1-6H2,(H,18,19). The largest absolute Gasteiger partial charge is 0.491 e. The number of morpholine rings is 1. The normalized spacial score (nSPS) is 15.7. The molecule has 0 radical (unpaired) electrons. The zero-order chi connectivity index (χ0) is 15.2. The summed E-state index contributed by atoms with van der Waals surface area (Å²) >= 11 is 12.0. The number of rotatable bonds is 5. The van der Waals surface area contributed by atoms with Gasteiger partial charge in [0.05, 0.1) is 18.2 Å². The molecule has 1 aliphatic heterocycles. The van der Waals surface area contributed by atoms with E-state index in [0.29, 0.717) is 18.0 Å². The molecule has 0 unspecified atom stereocenters. The molecule has 0 saturated carbocycles. The average Bonchev–Trinajstić information content (AvgIpc) is 2.44. The van der Waals surface area contributed by atoms with Gasteiger partial charge in [0.1, 0.15) is 17.4 Å². The number of carbonyl (C=O) groups is 1. The average molecular weight is 335 g/mol. The monoisotopic (exact) mass is 334 g/mol. The van der Waals surface area contributed by atoms with Crippen LogP contribution < -0.4 is 10.1 Å². The second-order valence-corrected chi connectivity index (χ2v) is 5.29. The van der Waals surface area contributed by atoms with E-state index in [9.17, 15) is 4.79 Å². The topological polar surface area (TPSA) is 71.0 Å². The van der Waals surface area contributed by atoms with Crippen LogP contribution >= 0.6 is 23.2 Å². The van der Waals surface area contributed by atoms with Crippen LogP contribution in [-0.2, 0) is 4.74 Å². The van der Waals surface area contributed by atoms with Gasteiger partial charge in [0, 0.05) is 31.4 Å². The molecule has 1 aliphatic rings. The van der Waals surface area contributed by atoms with Gasteiger partial charge in [-0.2, -0.15) is 0 Å². The highest BCUT2D eigenvalue weighted by atomic mass is 35.5. The van der Waals surface area contributed by atoms with Crippen molar-refractivity contribution in [2.24, 2.45) is 0 Å². The van der Waals surface area contributed by atoms with E-state index in [-0.39, 0.29) is 10.0 Å². The molecular weight excluding hydrogens is 319 g/mol. The van der Waals surface area contributed by atoms with Crippen LogP contribution in [0.25, 0.3) is 0 Å². The molecule has 0 spiro atoms. The molecular formula is C13H16Cl2N2O4. The molecule has 1 saturated heterocycles. The predicted octanol–water partition coefficient (Wildman–Crippen LogP) is 2.79. The van der Waals surface area contributed by atoms with Crippen LogP contribution in [0.2, 0.25) is 10.0 Å². The third kappa shape index (κ3) is 4.93. The van der Waals surface area contributed by atoms with Crippen molar-refractivity contribution in [3.05, 3.63) is 22.2 Å². The fraction of sp³-hybridized carbons (Fsp3) is 0.462. The fourth-order valence-electron chi connectivity index (χ4n) is 1.97. The molecule has 8 heteroatoms. The van der Waals surface area contributed by atoms with Crippen molar-refractivity contribution in [1.82, 2.24) is 4.90 Å². The summed E-state index contributed by atoms with van der Waals surface area (Å²) < 4.78 is 10.9. The number of ether oxygens (including phenoxy) is 2. The van der Waals surface area contributed by atoms with E-state index < -0.39 is 6.09 Å². The van der Waals surface area contributed by atoms with Crippen LogP contribution in [0.15, 0.2) is 12.1 Å². The lowest BCUT2D eigenvalue weighted by Crippen LogP contribution is -2.38. The number of carboxylic acid groups (broad SMARTS) is 1. The van der Waals surface area contributed by atoms with E-state index in [0.717, 1.165) is 32.8 Å². The van der Waals surface area contributed by atoms with E-state index in [1.54, 1.807) is 0 Å². The molecule has 1 heterocycles. The van der Waals surface area contributed by atoms with E-state index in [2.05, 4.69) is 10.2 Å². The van der Waals surface area contributed by atoms with Crippen molar-refractivity contribution < 1.29 is 19.4 Å². The van der Waals surface area contributed by atoms with E-state index in [1.165, 1.54) is 12.1 Å². The minimum absolute atomic E-state index is 0.240. The lowest BCUT2D eigenvalue weighted by Gasteiger charge is -2.26. The summed E-state index contributed by atoms with van der Waals surface area (Å²) in [7, 11) is 0. The van der Waals surface area contributed by atoms with Crippen LogP contribution in [-0.4, -0.2) is 55.6 Å². The summed E-state index contributed by atoms with van der Waals surface area (Å²) in [6.07, 6.45) is -1.17. The molecule has 0 aromatic heterocycles. The number of halogens is 2. The zero-order valence-corrected chi connectivity index (χ0v) is 12.8. The first kappa shape index (κ1) is 16.2. The Morgan fingerprint density at radius 2 is 2.10 bits per heavy atom. The Bertz CT molecular complexity index is 507. The Kier molecular flexibility index (Phi) is 5.93. The molecule has 1 aromatic rings. The highest BCUT2D eigenvalue weighted by Crippen LogP contribution is 2.35. The van der Waals surface area contributed by atoms with E-state index >= 15 is 0 Å². The maximum Gasteiger partial charge on any atom is 0.409 e. The van der Waals surface area contributed by atoms with Gasteiger partial charge in [-0.15, -0.1) is 0 Å². The Hall–Kier alpha value is -1.21. The maximum atomic E-state index is 10.7. The Labute approximate surface area is 132 Å². The van der Waals surface area contributed by atoms with Crippen molar-refractivity contribution in [1.29, 1.82) is 0 Å². The Morgan fingerprint density at radius 3 is 2.76 bits per heavy atom. The quantitative estimate of drug-likeness (QED) is 0.866. The summed E-state index contributed by atoms with van der Waals surface area (Å²) in [4.78, 5) is 12.9. The fourth-order valence-corrected chi connectivity index (χ4v) is 2.35. The first-order valence-corrected chi connectivity index (χ1v) is 7.24. The number of amides is 1. The molecule has 6 nitrogen and oxygen atoms in total. The van der Waals surface area contributed by atoms with Crippen LogP contribution in [0.3, 0.4) is 0 Å². The summed E-state index contributed by atoms with van der Waals surface area (Å²) in [5.41, 5.74) is 0.318. The van der Waals surface area contributed by atoms with Crippen molar-refractivity contribution in [2.75, 3.05) is 44.8 Å². The number of benzene rings is 1. The molecule has 1 amide bonds. The lowest BCUT2D eigenvalue weighted by atomic mass is 10.3. The highest BCUT2D eigenvalue weighted by molar-refractivity contribution is 6.43. The zero-order valence-electron chi connectivity index (χ0n) is 11.3. The third-order valence-electron chi connectivity index (χ3n) is 3.01. The van der Waals surface area contributed by atoms with Gasteiger partial charge in [0.25, 0.3) is 0 Å². The summed E-state index contributed by atoms with van der Waals surface area (Å²) in [6, 6.07) is 2.95. The van der Waals surface area contributed by atoms with Crippen molar-refractivity contribution >= 4 is 35.0 Å². The first-order chi connectivity index (χ1) is 10.1. The number of hydrogen-bond acceptors (Lipinski definition) is 4. The minimum atomic E-state index is -1.17. The molecule has 2 rings (SSSR count). The maximum absolute atomic E-state index is 10.7. The Morgan fingerprint density at radius 1 is 1.38 bits per heavy atom. The Balaban J connectivity index is 1.94. The molecule has 1 aromatic carbocycles. The van der Waals surface area contributed by atoms with Gasteiger partial charge in [-0.1, -0.05) is 23.2 Å². The number of anilines is 1. The van der Waals surface area contributed by atoms with Crippen LogP contribution in [0.5, 0.6) is 5.75 Å². The molecule has 116 valence electrons. The van der Waals surface area contributed by atoms with Gasteiger partial charge in [-0.3, -0.25) is 10.2 Å². The van der Waals surface area contributed by atoms with Crippen LogP contribution in [0.4, 0.5) is 10.5 Å².